The van der Waals surface area contributed by atoms with Crippen LogP contribution in [0, 0.1) is 5.92 Å². The predicted molar refractivity (Wildman–Crippen MR) is 178 cm³/mol. The van der Waals surface area contributed by atoms with Crippen molar-refractivity contribution in [1.82, 2.24) is 9.97 Å². The predicted octanol–water partition coefficient (Wildman–Crippen LogP) is 6.13. The highest BCUT2D eigenvalue weighted by molar-refractivity contribution is 6.41. The van der Waals surface area contributed by atoms with Gasteiger partial charge in [-0.1, -0.05) is 48.5 Å². The number of ketones is 1. The highest BCUT2D eigenvalue weighted by Crippen LogP contribution is 2.44. The number of benzene rings is 2. The molecule has 1 aliphatic rings. The normalized spacial score (nSPS) is 15.7. The summed E-state index contributed by atoms with van der Waals surface area (Å²) in [6.45, 7) is 8.02. The van der Waals surface area contributed by atoms with Crippen LogP contribution in [-0.2, 0) is 20.9 Å². The maximum Gasteiger partial charge on any atom is 0.327 e. The number of rotatable bonds is 13. The lowest BCUT2D eigenvalue weighted by atomic mass is 9.90. The molecule has 0 aliphatic carbocycles. The number of aromatic nitrogens is 2. The number of anilines is 4. The van der Waals surface area contributed by atoms with Gasteiger partial charge in [0.2, 0.25) is 5.91 Å². The van der Waals surface area contributed by atoms with Gasteiger partial charge in [0.25, 0.3) is 0 Å². The van der Waals surface area contributed by atoms with Gasteiger partial charge in [-0.05, 0) is 42.2 Å². The molecule has 0 radical (unpaired) electrons. The SMILES string of the molecule is C=CC(=O)CC1CCOCC1Nc1cc(N(Cc2ccc(NC(=O)C=C)cc2)C(=O)Nc2c(Cl)c(OC)cc(OC)c2Cl)ncn1. The lowest BCUT2D eigenvalue weighted by Crippen LogP contribution is -2.40. The summed E-state index contributed by atoms with van der Waals surface area (Å²) in [5.74, 6) is 0.768. The van der Waals surface area contributed by atoms with Crippen LogP contribution >= 0.6 is 23.2 Å². The van der Waals surface area contributed by atoms with Gasteiger partial charge < -0.3 is 30.2 Å². The minimum absolute atomic E-state index is 0.00415. The van der Waals surface area contributed by atoms with Crippen LogP contribution in [0.1, 0.15) is 18.4 Å². The first-order valence-corrected chi connectivity index (χ1v) is 14.9. The smallest absolute Gasteiger partial charge is 0.327 e. The third kappa shape index (κ3) is 8.53. The van der Waals surface area contributed by atoms with E-state index in [4.69, 9.17) is 37.4 Å². The minimum Gasteiger partial charge on any atom is -0.495 e. The lowest BCUT2D eigenvalue weighted by molar-refractivity contribution is -0.116. The summed E-state index contributed by atoms with van der Waals surface area (Å²) in [5.41, 5.74) is 1.35. The monoisotopic (exact) mass is 668 g/mol. The second kappa shape index (κ2) is 16.1. The number of carbonyl (C=O) groups is 3. The van der Waals surface area contributed by atoms with Crippen molar-refractivity contribution in [3.63, 3.8) is 0 Å². The topological polar surface area (TPSA) is 144 Å². The van der Waals surface area contributed by atoms with Crippen molar-refractivity contribution in [2.45, 2.75) is 25.4 Å². The molecule has 1 saturated heterocycles. The first-order valence-electron chi connectivity index (χ1n) is 14.2. The van der Waals surface area contributed by atoms with Crippen molar-refractivity contribution in [1.29, 1.82) is 0 Å². The molecule has 2 aromatic carbocycles. The van der Waals surface area contributed by atoms with Gasteiger partial charge in [-0.3, -0.25) is 14.5 Å². The first-order chi connectivity index (χ1) is 22.2. The van der Waals surface area contributed by atoms with E-state index in [1.807, 2.05) is 0 Å². The molecule has 242 valence electrons. The Labute approximate surface area is 276 Å². The highest BCUT2D eigenvalue weighted by atomic mass is 35.5. The Bertz CT molecular complexity index is 1570. The second-order valence-electron chi connectivity index (χ2n) is 10.2. The summed E-state index contributed by atoms with van der Waals surface area (Å²) in [6, 6.07) is 9.23. The van der Waals surface area contributed by atoms with Crippen LogP contribution in [-0.4, -0.2) is 61.2 Å². The Morgan fingerprint density at radius 1 is 1.02 bits per heavy atom. The summed E-state index contributed by atoms with van der Waals surface area (Å²) < 4.78 is 16.4. The number of amides is 3. The number of nitrogens with one attached hydrogen (secondary N) is 3. The maximum atomic E-state index is 14.0. The summed E-state index contributed by atoms with van der Waals surface area (Å²) in [4.78, 5) is 47.9. The van der Waals surface area contributed by atoms with Crippen molar-refractivity contribution in [2.75, 3.05) is 48.3 Å². The Kier molecular flexibility index (Phi) is 12.0. The van der Waals surface area contributed by atoms with E-state index in [1.165, 1.54) is 43.7 Å². The van der Waals surface area contributed by atoms with Crippen LogP contribution in [0.4, 0.5) is 27.8 Å². The fourth-order valence-electron chi connectivity index (χ4n) is 4.79. The van der Waals surface area contributed by atoms with Gasteiger partial charge >= 0.3 is 6.03 Å². The van der Waals surface area contributed by atoms with Crippen molar-refractivity contribution >= 4 is 63.9 Å². The van der Waals surface area contributed by atoms with E-state index in [2.05, 4.69) is 39.1 Å². The van der Waals surface area contributed by atoms with E-state index < -0.39 is 6.03 Å². The molecule has 3 aromatic rings. The molecule has 0 saturated carbocycles. The van der Waals surface area contributed by atoms with Gasteiger partial charge in [-0.15, -0.1) is 0 Å². The van der Waals surface area contributed by atoms with Crippen LogP contribution in [0.15, 0.2) is 68.0 Å². The second-order valence-corrected chi connectivity index (χ2v) is 11.0. The van der Waals surface area contributed by atoms with Gasteiger partial charge in [-0.2, -0.15) is 0 Å². The number of ether oxygens (including phenoxy) is 3. The maximum absolute atomic E-state index is 14.0. The minimum atomic E-state index is -0.622. The Morgan fingerprint density at radius 2 is 1.72 bits per heavy atom. The number of urea groups is 1. The molecule has 4 rings (SSSR count). The van der Waals surface area contributed by atoms with E-state index in [0.717, 1.165) is 0 Å². The summed E-state index contributed by atoms with van der Waals surface area (Å²) >= 11 is 13.1. The molecule has 46 heavy (non-hydrogen) atoms. The number of hydrogen-bond acceptors (Lipinski definition) is 9. The average Bonchev–Trinajstić information content (AvgIpc) is 3.07. The van der Waals surface area contributed by atoms with Crippen LogP contribution in [0.25, 0.3) is 0 Å². The number of methoxy groups -OCH3 is 2. The van der Waals surface area contributed by atoms with Gasteiger partial charge in [0.05, 0.1) is 39.1 Å². The summed E-state index contributed by atoms with van der Waals surface area (Å²) in [5, 5.41) is 8.96. The van der Waals surface area contributed by atoms with E-state index in [9.17, 15) is 14.4 Å². The fraction of sp³-hybridized carbons (Fsp3) is 0.281. The number of carbonyl (C=O) groups excluding carboxylic acids is 3. The molecule has 0 spiro atoms. The van der Waals surface area contributed by atoms with Crippen LogP contribution in [0.3, 0.4) is 0 Å². The van der Waals surface area contributed by atoms with Gasteiger partial charge in [0.15, 0.2) is 5.78 Å². The third-order valence-corrected chi connectivity index (χ3v) is 8.00. The van der Waals surface area contributed by atoms with Gasteiger partial charge in [0, 0.05) is 30.8 Å². The summed E-state index contributed by atoms with van der Waals surface area (Å²) in [7, 11) is 2.86. The molecule has 1 aromatic heterocycles. The van der Waals surface area contributed by atoms with E-state index in [-0.39, 0.29) is 63.2 Å². The van der Waals surface area contributed by atoms with E-state index in [0.29, 0.717) is 43.1 Å². The van der Waals surface area contributed by atoms with Crippen molar-refractivity contribution < 1.29 is 28.6 Å². The summed E-state index contributed by atoms with van der Waals surface area (Å²) in [6.07, 6.45) is 4.84. The molecule has 2 unspecified atom stereocenters. The van der Waals surface area contributed by atoms with E-state index in [1.54, 1.807) is 30.3 Å². The molecule has 12 nitrogen and oxygen atoms in total. The van der Waals surface area contributed by atoms with Crippen molar-refractivity contribution in [2.24, 2.45) is 5.92 Å². The Hall–Kier alpha value is -4.65. The quantitative estimate of drug-likeness (QED) is 0.183. The van der Waals surface area contributed by atoms with Crippen molar-refractivity contribution in [3.05, 3.63) is 83.6 Å². The van der Waals surface area contributed by atoms with Crippen LogP contribution in [0.5, 0.6) is 11.5 Å². The largest absolute Gasteiger partial charge is 0.495 e. The molecule has 2 heterocycles. The lowest BCUT2D eigenvalue weighted by Gasteiger charge is -2.32. The molecular formula is C32H34Cl2N6O6. The molecule has 3 amide bonds. The van der Waals surface area contributed by atoms with Crippen LogP contribution < -0.4 is 30.3 Å². The molecule has 0 bridgehead atoms. The van der Waals surface area contributed by atoms with Gasteiger partial charge in [0.1, 0.15) is 39.5 Å². The van der Waals surface area contributed by atoms with Crippen molar-refractivity contribution in [3.8, 4) is 11.5 Å². The zero-order chi connectivity index (χ0) is 33.2. The molecule has 1 aliphatic heterocycles. The number of hydrogen-bond donors (Lipinski definition) is 3. The zero-order valence-electron chi connectivity index (χ0n) is 25.3. The average molecular weight is 670 g/mol. The number of allylic oxidation sites excluding steroid dienone is 1. The van der Waals surface area contributed by atoms with E-state index >= 15 is 0 Å². The number of halogens is 2. The molecule has 3 N–H and O–H groups in total. The fourth-order valence-corrected chi connectivity index (χ4v) is 5.38. The molecule has 2 atom stereocenters. The molecule has 1 fully saturated rings. The third-order valence-electron chi connectivity index (χ3n) is 7.25. The van der Waals surface area contributed by atoms with Gasteiger partial charge in [-0.25, -0.2) is 14.8 Å². The highest BCUT2D eigenvalue weighted by Gasteiger charge is 2.28. The molecular weight excluding hydrogens is 635 g/mol. The molecule has 14 heteroatoms. The Balaban J connectivity index is 1.67. The number of nitrogens with zero attached hydrogens (tertiary/aromatic N) is 3. The standard InChI is InChI=1S/C32H34Cl2N6O6/c1-5-22(41)13-20-11-12-46-17-23(20)38-26-15-27(36-18-35-26)40(16-19-7-9-21(10-8-19)37-28(42)6-2)32(43)39-31-29(33)24(44-3)14-25(45-4)30(31)34/h5-10,14-15,18,20,23H,1-2,11-13,16-17H2,3-4H3,(H,37,42)(H,39,43)(H,35,36,38). The Morgan fingerprint density at radius 3 is 2.35 bits per heavy atom. The zero-order valence-corrected chi connectivity index (χ0v) is 26.9. The van der Waals surface area contributed by atoms with Crippen LogP contribution in [0.2, 0.25) is 10.0 Å². The first kappa shape index (κ1) is 34.2.